The van der Waals surface area contributed by atoms with Crippen molar-refractivity contribution in [3.8, 4) is 0 Å². The van der Waals surface area contributed by atoms with E-state index in [1.807, 2.05) is 0 Å². The highest BCUT2D eigenvalue weighted by Gasteiger charge is 2.09. The van der Waals surface area contributed by atoms with Crippen LogP contribution in [0.25, 0.3) is 0 Å². The SMILES string of the molecule is CC(=O)c1ccc(Nc2ncnc(Nc3ccc(C(C)=O)cc3)c2N)cc1. The molecule has 0 saturated carbocycles. The Morgan fingerprint density at radius 2 is 1.11 bits per heavy atom. The van der Waals surface area contributed by atoms with Crippen LogP contribution in [0.2, 0.25) is 0 Å². The van der Waals surface area contributed by atoms with Gasteiger partial charge < -0.3 is 16.4 Å². The standard InChI is InChI=1S/C20H19N5O2/c1-12(26)14-3-7-16(8-4-14)24-19-18(21)20(23-11-22-19)25-17-9-5-15(6-10-17)13(2)27/h3-11H,21H2,1-2H3,(H2,22,23,24,25). The summed E-state index contributed by atoms with van der Waals surface area (Å²) in [6.45, 7) is 3.04. The smallest absolute Gasteiger partial charge is 0.159 e. The third kappa shape index (κ3) is 4.27. The Bertz CT molecular complexity index is 905. The average Bonchev–Trinajstić information content (AvgIpc) is 2.66. The van der Waals surface area contributed by atoms with Crippen LogP contribution in [0.4, 0.5) is 28.7 Å². The van der Waals surface area contributed by atoms with Gasteiger partial charge in [0.25, 0.3) is 0 Å². The van der Waals surface area contributed by atoms with Crippen molar-refractivity contribution in [3.63, 3.8) is 0 Å². The number of aromatic nitrogens is 2. The predicted molar refractivity (Wildman–Crippen MR) is 106 cm³/mol. The Hall–Kier alpha value is -3.74. The number of anilines is 5. The number of nitrogens with one attached hydrogen (secondary N) is 2. The highest BCUT2D eigenvalue weighted by atomic mass is 16.1. The van der Waals surface area contributed by atoms with Crippen molar-refractivity contribution in [3.05, 3.63) is 66.0 Å². The van der Waals surface area contributed by atoms with Crippen LogP contribution in [-0.4, -0.2) is 21.5 Å². The highest BCUT2D eigenvalue weighted by molar-refractivity contribution is 5.95. The third-order valence-corrected chi connectivity index (χ3v) is 3.99. The van der Waals surface area contributed by atoms with Gasteiger partial charge in [-0.3, -0.25) is 9.59 Å². The number of Topliss-reactive ketones (excluding diaryl/α,β-unsaturated/α-hetero) is 2. The molecule has 0 aliphatic carbocycles. The number of hydrogen-bond donors (Lipinski definition) is 3. The topological polar surface area (TPSA) is 110 Å². The monoisotopic (exact) mass is 361 g/mol. The van der Waals surface area contributed by atoms with Gasteiger partial charge in [0.15, 0.2) is 23.2 Å². The lowest BCUT2D eigenvalue weighted by molar-refractivity contribution is 0.100. The van der Waals surface area contributed by atoms with Crippen molar-refractivity contribution < 1.29 is 9.59 Å². The minimum atomic E-state index is 0.00498. The normalized spacial score (nSPS) is 10.3. The number of nitrogens with two attached hydrogens (primary N) is 1. The number of nitrogen functional groups attached to an aromatic ring is 1. The van der Waals surface area contributed by atoms with E-state index < -0.39 is 0 Å². The molecule has 0 spiro atoms. The summed E-state index contributed by atoms with van der Waals surface area (Å²) in [7, 11) is 0. The molecule has 136 valence electrons. The first-order valence-electron chi connectivity index (χ1n) is 8.30. The van der Waals surface area contributed by atoms with Crippen LogP contribution in [0.5, 0.6) is 0 Å². The summed E-state index contributed by atoms with van der Waals surface area (Å²) in [5.74, 6) is 0.905. The molecule has 0 atom stereocenters. The molecule has 2 aromatic carbocycles. The van der Waals surface area contributed by atoms with E-state index >= 15 is 0 Å². The second-order valence-corrected chi connectivity index (χ2v) is 6.00. The first-order chi connectivity index (χ1) is 12.9. The Labute approximate surface area is 156 Å². The van der Waals surface area contributed by atoms with Crippen LogP contribution in [0.3, 0.4) is 0 Å². The third-order valence-electron chi connectivity index (χ3n) is 3.99. The lowest BCUT2D eigenvalue weighted by Crippen LogP contribution is -2.05. The molecule has 0 unspecified atom stereocenters. The second kappa shape index (κ2) is 7.65. The van der Waals surface area contributed by atoms with Crippen LogP contribution in [0, 0.1) is 0 Å². The van der Waals surface area contributed by atoms with Gasteiger partial charge in [-0.1, -0.05) is 0 Å². The van der Waals surface area contributed by atoms with Gasteiger partial charge >= 0.3 is 0 Å². The highest BCUT2D eigenvalue weighted by Crippen LogP contribution is 2.28. The number of nitrogens with zero attached hydrogens (tertiary/aromatic N) is 2. The van der Waals surface area contributed by atoms with E-state index in [0.29, 0.717) is 28.5 Å². The fourth-order valence-electron chi connectivity index (χ4n) is 2.44. The molecule has 0 fully saturated rings. The molecule has 0 radical (unpaired) electrons. The molecule has 0 bridgehead atoms. The summed E-state index contributed by atoms with van der Waals surface area (Å²) >= 11 is 0. The van der Waals surface area contributed by atoms with Gasteiger partial charge in [-0.2, -0.15) is 0 Å². The Morgan fingerprint density at radius 3 is 1.44 bits per heavy atom. The lowest BCUT2D eigenvalue weighted by Gasteiger charge is -2.13. The fraction of sp³-hybridized carbons (Fsp3) is 0.100. The van der Waals surface area contributed by atoms with Crippen molar-refractivity contribution in [2.45, 2.75) is 13.8 Å². The van der Waals surface area contributed by atoms with E-state index in [0.717, 1.165) is 11.4 Å². The van der Waals surface area contributed by atoms with E-state index in [1.54, 1.807) is 48.5 Å². The van der Waals surface area contributed by atoms with Crippen LogP contribution in [-0.2, 0) is 0 Å². The maximum Gasteiger partial charge on any atom is 0.159 e. The van der Waals surface area contributed by atoms with Gasteiger partial charge in [0.2, 0.25) is 0 Å². The van der Waals surface area contributed by atoms with Crippen molar-refractivity contribution in [2.24, 2.45) is 0 Å². The molecule has 3 rings (SSSR count). The molecular formula is C20H19N5O2. The van der Waals surface area contributed by atoms with Gasteiger partial charge in [0.1, 0.15) is 12.0 Å². The summed E-state index contributed by atoms with van der Waals surface area (Å²) in [5, 5.41) is 6.23. The molecule has 0 aliphatic rings. The molecule has 0 aliphatic heterocycles. The maximum atomic E-state index is 11.4. The van der Waals surface area contributed by atoms with Gasteiger partial charge in [0, 0.05) is 22.5 Å². The summed E-state index contributed by atoms with van der Waals surface area (Å²) in [6.07, 6.45) is 1.40. The first kappa shape index (κ1) is 18.1. The number of carbonyl (C=O) groups is 2. The zero-order valence-corrected chi connectivity index (χ0v) is 15.0. The molecule has 1 heterocycles. The van der Waals surface area contributed by atoms with Crippen molar-refractivity contribution in [1.82, 2.24) is 9.97 Å². The molecule has 4 N–H and O–H groups in total. The Morgan fingerprint density at radius 1 is 0.741 bits per heavy atom. The van der Waals surface area contributed by atoms with E-state index in [2.05, 4.69) is 20.6 Å². The second-order valence-electron chi connectivity index (χ2n) is 6.00. The first-order valence-corrected chi connectivity index (χ1v) is 8.30. The quantitative estimate of drug-likeness (QED) is 0.570. The molecule has 1 aromatic heterocycles. The number of ketones is 2. The van der Waals surface area contributed by atoms with E-state index in [4.69, 9.17) is 5.73 Å². The number of hydrogen-bond acceptors (Lipinski definition) is 7. The predicted octanol–water partition coefficient (Wildman–Crippen LogP) is 3.95. The molecule has 7 heteroatoms. The Kier molecular flexibility index (Phi) is 5.12. The lowest BCUT2D eigenvalue weighted by atomic mass is 10.1. The van der Waals surface area contributed by atoms with Crippen molar-refractivity contribution >= 4 is 40.3 Å². The Balaban J connectivity index is 1.79. The van der Waals surface area contributed by atoms with Crippen LogP contribution >= 0.6 is 0 Å². The zero-order chi connectivity index (χ0) is 19.4. The molecule has 0 saturated heterocycles. The van der Waals surface area contributed by atoms with Crippen LogP contribution in [0.1, 0.15) is 34.6 Å². The minimum Gasteiger partial charge on any atom is -0.393 e. The van der Waals surface area contributed by atoms with Gasteiger partial charge in [-0.25, -0.2) is 9.97 Å². The molecule has 0 amide bonds. The van der Waals surface area contributed by atoms with Gasteiger partial charge in [-0.15, -0.1) is 0 Å². The maximum absolute atomic E-state index is 11.4. The van der Waals surface area contributed by atoms with Crippen molar-refractivity contribution in [2.75, 3.05) is 16.4 Å². The van der Waals surface area contributed by atoms with Crippen LogP contribution in [0.15, 0.2) is 54.9 Å². The minimum absolute atomic E-state index is 0.00498. The number of benzene rings is 2. The van der Waals surface area contributed by atoms with Crippen molar-refractivity contribution in [1.29, 1.82) is 0 Å². The molecule has 3 aromatic rings. The summed E-state index contributed by atoms with van der Waals surface area (Å²) in [4.78, 5) is 31.1. The van der Waals surface area contributed by atoms with Gasteiger partial charge in [0.05, 0.1) is 0 Å². The summed E-state index contributed by atoms with van der Waals surface area (Å²) in [5.41, 5.74) is 9.30. The molecule has 7 nitrogen and oxygen atoms in total. The van der Waals surface area contributed by atoms with E-state index in [1.165, 1.54) is 20.2 Å². The van der Waals surface area contributed by atoms with Crippen LogP contribution < -0.4 is 16.4 Å². The molecular weight excluding hydrogens is 342 g/mol. The molecule has 27 heavy (non-hydrogen) atoms. The number of carbonyl (C=O) groups excluding carboxylic acids is 2. The summed E-state index contributed by atoms with van der Waals surface area (Å²) in [6, 6.07) is 14.1. The van der Waals surface area contributed by atoms with E-state index in [-0.39, 0.29) is 11.6 Å². The largest absolute Gasteiger partial charge is 0.393 e. The average molecular weight is 361 g/mol. The number of rotatable bonds is 6. The fourth-order valence-corrected chi connectivity index (χ4v) is 2.44. The van der Waals surface area contributed by atoms with E-state index in [9.17, 15) is 9.59 Å². The van der Waals surface area contributed by atoms with Gasteiger partial charge in [-0.05, 0) is 62.4 Å². The summed E-state index contributed by atoms with van der Waals surface area (Å²) < 4.78 is 0. The zero-order valence-electron chi connectivity index (χ0n) is 15.0.